The summed E-state index contributed by atoms with van der Waals surface area (Å²) in [6.45, 7) is 6.26. The van der Waals surface area contributed by atoms with Crippen molar-refractivity contribution in [1.82, 2.24) is 25.2 Å². The number of aryl methyl sites for hydroxylation is 3. The summed E-state index contributed by atoms with van der Waals surface area (Å²) in [6.07, 6.45) is 0. The fourth-order valence-corrected chi connectivity index (χ4v) is 3.50. The summed E-state index contributed by atoms with van der Waals surface area (Å²) < 4.78 is 1.79. The average Bonchev–Trinajstić information content (AvgIpc) is 3.10. The zero-order chi connectivity index (χ0) is 19.3. The van der Waals surface area contributed by atoms with Crippen molar-refractivity contribution in [2.24, 2.45) is 0 Å². The first-order chi connectivity index (χ1) is 13.6. The van der Waals surface area contributed by atoms with Gasteiger partial charge in [0, 0.05) is 16.3 Å². The first-order valence-electron chi connectivity index (χ1n) is 9.27. The maximum atomic E-state index is 4.57. The lowest BCUT2D eigenvalue weighted by atomic mass is 10.0. The molecule has 0 bridgehead atoms. The third-order valence-corrected chi connectivity index (χ3v) is 5.25. The maximum absolute atomic E-state index is 4.57. The van der Waals surface area contributed by atoms with Crippen molar-refractivity contribution in [2.75, 3.05) is 0 Å². The Morgan fingerprint density at radius 3 is 2.21 bits per heavy atom. The van der Waals surface area contributed by atoms with Gasteiger partial charge in [0.25, 0.3) is 0 Å². The van der Waals surface area contributed by atoms with Crippen LogP contribution in [0.4, 0.5) is 0 Å². The van der Waals surface area contributed by atoms with Crippen molar-refractivity contribution in [2.45, 2.75) is 20.8 Å². The molecule has 28 heavy (non-hydrogen) atoms. The maximum Gasteiger partial charge on any atom is 0.185 e. The van der Waals surface area contributed by atoms with Crippen LogP contribution in [0.25, 0.3) is 38.9 Å². The molecule has 0 aliphatic carbocycles. The van der Waals surface area contributed by atoms with Gasteiger partial charge in [0.2, 0.25) is 0 Å². The molecule has 136 valence electrons. The highest BCUT2D eigenvalue weighted by molar-refractivity contribution is 5.98. The lowest BCUT2D eigenvalue weighted by molar-refractivity contribution is 0.790. The van der Waals surface area contributed by atoms with Gasteiger partial charge in [-0.25, -0.2) is 0 Å². The minimum Gasteiger partial charge on any atom is -0.192 e. The Balaban J connectivity index is 1.78. The van der Waals surface area contributed by atoms with E-state index in [1.165, 1.54) is 16.7 Å². The van der Waals surface area contributed by atoms with Crippen molar-refractivity contribution in [3.05, 3.63) is 77.4 Å². The molecule has 0 N–H and O–H groups in total. The molecule has 0 spiro atoms. The predicted octanol–water partition coefficient (Wildman–Crippen LogP) is 4.96. The summed E-state index contributed by atoms with van der Waals surface area (Å²) in [5, 5.41) is 19.9. The van der Waals surface area contributed by atoms with Crippen LogP contribution in [0.2, 0.25) is 0 Å². The number of fused-ring (bicyclic) bond motifs is 2. The Morgan fingerprint density at radius 2 is 1.43 bits per heavy atom. The number of rotatable bonds is 2. The minimum absolute atomic E-state index is 0.692. The van der Waals surface area contributed by atoms with Gasteiger partial charge in [-0.15, -0.1) is 15.3 Å². The van der Waals surface area contributed by atoms with Crippen LogP contribution in [-0.4, -0.2) is 25.2 Å². The highest BCUT2D eigenvalue weighted by atomic mass is 15.5. The summed E-state index contributed by atoms with van der Waals surface area (Å²) in [6, 6.07) is 20.7. The lowest BCUT2D eigenvalue weighted by Crippen LogP contribution is -2.04. The van der Waals surface area contributed by atoms with Gasteiger partial charge in [0.1, 0.15) is 11.2 Å². The topological polar surface area (TPSA) is 56.5 Å². The van der Waals surface area contributed by atoms with E-state index < -0.39 is 0 Å². The number of hydrogen-bond acceptors (Lipinski definition) is 4. The summed E-state index contributed by atoms with van der Waals surface area (Å²) in [7, 11) is 0. The van der Waals surface area contributed by atoms with Crippen molar-refractivity contribution in [3.63, 3.8) is 0 Å². The Hall–Kier alpha value is -3.60. The smallest absolute Gasteiger partial charge is 0.185 e. The zero-order valence-electron chi connectivity index (χ0n) is 16.0. The van der Waals surface area contributed by atoms with Crippen molar-refractivity contribution in [3.8, 4) is 17.1 Å². The summed E-state index contributed by atoms with van der Waals surface area (Å²) in [5.74, 6) is 0.692. The zero-order valence-corrected chi connectivity index (χ0v) is 16.0. The summed E-state index contributed by atoms with van der Waals surface area (Å²) in [4.78, 5) is 0. The van der Waals surface area contributed by atoms with Crippen LogP contribution in [0, 0.1) is 20.8 Å². The fourth-order valence-electron chi connectivity index (χ4n) is 3.50. The Kier molecular flexibility index (Phi) is 3.69. The highest BCUT2D eigenvalue weighted by Crippen LogP contribution is 2.30. The standard InChI is InChI=1S/C23H19N5/c1-14-8-10-17(11-9-14)22-18-6-4-5-7-19(18)23(26-25-22)28-21-13-16(3)15(2)12-20(21)24-27-28/h4-13H,1-3H3. The van der Waals surface area contributed by atoms with Gasteiger partial charge < -0.3 is 0 Å². The molecule has 0 amide bonds. The van der Waals surface area contributed by atoms with Gasteiger partial charge in [-0.2, -0.15) is 4.68 Å². The first kappa shape index (κ1) is 16.6. The molecule has 0 fully saturated rings. The van der Waals surface area contributed by atoms with Crippen LogP contribution >= 0.6 is 0 Å². The quantitative estimate of drug-likeness (QED) is 0.444. The van der Waals surface area contributed by atoms with E-state index in [2.05, 4.69) is 89.8 Å². The van der Waals surface area contributed by atoms with Gasteiger partial charge in [-0.05, 0) is 44.0 Å². The van der Waals surface area contributed by atoms with Gasteiger partial charge in [0.15, 0.2) is 5.82 Å². The molecule has 0 aliphatic heterocycles. The normalized spacial score (nSPS) is 11.4. The molecule has 5 heteroatoms. The Bertz CT molecular complexity index is 1330. The van der Waals surface area contributed by atoms with Crippen molar-refractivity contribution in [1.29, 1.82) is 0 Å². The van der Waals surface area contributed by atoms with E-state index in [4.69, 9.17) is 0 Å². The summed E-state index contributed by atoms with van der Waals surface area (Å²) in [5.41, 5.74) is 7.33. The van der Waals surface area contributed by atoms with Crippen LogP contribution < -0.4 is 0 Å². The van der Waals surface area contributed by atoms with Crippen LogP contribution in [0.3, 0.4) is 0 Å². The Labute approximate surface area is 162 Å². The van der Waals surface area contributed by atoms with Gasteiger partial charge in [0.05, 0.1) is 5.52 Å². The molecule has 0 radical (unpaired) electrons. The molecule has 2 aromatic heterocycles. The van der Waals surface area contributed by atoms with Crippen LogP contribution in [0.1, 0.15) is 16.7 Å². The molecular formula is C23H19N5. The molecule has 0 unspecified atom stereocenters. The average molecular weight is 365 g/mol. The minimum atomic E-state index is 0.692. The van der Waals surface area contributed by atoms with E-state index in [-0.39, 0.29) is 0 Å². The molecule has 0 aliphatic rings. The van der Waals surface area contributed by atoms with Gasteiger partial charge in [-0.1, -0.05) is 59.3 Å². The third kappa shape index (κ3) is 2.55. The summed E-state index contributed by atoms with van der Waals surface area (Å²) >= 11 is 0. The molecular weight excluding hydrogens is 346 g/mol. The Morgan fingerprint density at radius 1 is 0.714 bits per heavy atom. The van der Waals surface area contributed by atoms with Crippen molar-refractivity contribution < 1.29 is 0 Å². The number of nitrogens with zero attached hydrogens (tertiary/aromatic N) is 5. The van der Waals surface area contributed by atoms with Crippen molar-refractivity contribution >= 4 is 21.8 Å². The monoisotopic (exact) mass is 365 g/mol. The lowest BCUT2D eigenvalue weighted by Gasteiger charge is -2.10. The highest BCUT2D eigenvalue weighted by Gasteiger charge is 2.16. The van der Waals surface area contributed by atoms with Crippen LogP contribution in [0.15, 0.2) is 60.7 Å². The van der Waals surface area contributed by atoms with E-state index in [1.54, 1.807) is 4.68 Å². The van der Waals surface area contributed by atoms with Gasteiger partial charge in [-0.3, -0.25) is 0 Å². The molecule has 0 saturated carbocycles. The van der Waals surface area contributed by atoms with E-state index in [0.29, 0.717) is 5.82 Å². The number of hydrogen-bond donors (Lipinski definition) is 0. The molecule has 2 heterocycles. The molecule has 0 saturated heterocycles. The fraction of sp³-hybridized carbons (Fsp3) is 0.130. The second-order valence-corrected chi connectivity index (χ2v) is 7.21. The first-order valence-corrected chi connectivity index (χ1v) is 9.27. The molecule has 5 aromatic rings. The third-order valence-electron chi connectivity index (χ3n) is 5.25. The van der Waals surface area contributed by atoms with Crippen LogP contribution in [0.5, 0.6) is 0 Å². The second kappa shape index (κ2) is 6.23. The van der Waals surface area contributed by atoms with E-state index >= 15 is 0 Å². The number of aromatic nitrogens is 5. The molecule has 5 nitrogen and oxygen atoms in total. The largest absolute Gasteiger partial charge is 0.192 e. The number of benzene rings is 3. The van der Waals surface area contributed by atoms with Crippen LogP contribution in [-0.2, 0) is 0 Å². The molecule has 3 aromatic carbocycles. The van der Waals surface area contributed by atoms with Gasteiger partial charge >= 0.3 is 0 Å². The molecule has 5 rings (SSSR count). The SMILES string of the molecule is Cc1ccc(-c2nnc(-n3nnc4cc(C)c(C)cc43)c3ccccc23)cc1. The van der Waals surface area contributed by atoms with E-state index in [9.17, 15) is 0 Å². The predicted molar refractivity (Wildman–Crippen MR) is 112 cm³/mol. The molecule has 0 atom stereocenters. The van der Waals surface area contributed by atoms with E-state index in [1.807, 2.05) is 12.1 Å². The van der Waals surface area contributed by atoms with E-state index in [0.717, 1.165) is 33.1 Å². The second-order valence-electron chi connectivity index (χ2n) is 7.21.